The predicted molar refractivity (Wildman–Crippen MR) is 61.2 cm³/mol. The zero-order chi connectivity index (χ0) is 11.5. The topological polar surface area (TPSA) is 78.9 Å². The third-order valence-electron chi connectivity index (χ3n) is 1.78. The summed E-state index contributed by atoms with van der Waals surface area (Å²) in [5.41, 5.74) is 5.93. The molecule has 82 valence electrons. The van der Waals surface area contributed by atoms with E-state index >= 15 is 0 Å². The molecule has 0 aromatic carbocycles. The van der Waals surface area contributed by atoms with Gasteiger partial charge in [0.25, 0.3) is 0 Å². The molecular formula is C9H9N5OS. The average molecular weight is 235 g/mol. The van der Waals surface area contributed by atoms with Gasteiger partial charge in [0.15, 0.2) is 5.75 Å². The number of thiocarbonyl (C=S) groups is 1. The second kappa shape index (κ2) is 4.23. The van der Waals surface area contributed by atoms with Crippen LogP contribution in [0.25, 0.3) is 0 Å². The van der Waals surface area contributed by atoms with Crippen molar-refractivity contribution in [2.45, 2.75) is 0 Å². The van der Waals surface area contributed by atoms with E-state index in [1.165, 1.54) is 6.20 Å². The van der Waals surface area contributed by atoms with Gasteiger partial charge in [0.2, 0.25) is 0 Å². The van der Waals surface area contributed by atoms with Crippen LogP contribution in [0.1, 0.15) is 5.69 Å². The van der Waals surface area contributed by atoms with Gasteiger partial charge in [-0.05, 0) is 6.07 Å². The van der Waals surface area contributed by atoms with Crippen LogP contribution in [0.15, 0.2) is 24.7 Å². The zero-order valence-corrected chi connectivity index (χ0v) is 9.31. The van der Waals surface area contributed by atoms with Gasteiger partial charge in [-0.2, -0.15) is 10.1 Å². The first-order chi connectivity index (χ1) is 7.65. The lowest BCUT2D eigenvalue weighted by Crippen LogP contribution is -2.12. The highest BCUT2D eigenvalue weighted by Crippen LogP contribution is 2.15. The number of nitrogens with two attached hydrogens (primary N) is 1. The van der Waals surface area contributed by atoms with Crippen LogP contribution in [0, 0.1) is 0 Å². The van der Waals surface area contributed by atoms with Crippen molar-refractivity contribution in [3.05, 3.63) is 30.4 Å². The van der Waals surface area contributed by atoms with E-state index in [9.17, 15) is 0 Å². The molecule has 2 rings (SSSR count). The molecule has 2 aromatic rings. The quantitative estimate of drug-likeness (QED) is 0.786. The molecule has 0 aliphatic heterocycles. The van der Waals surface area contributed by atoms with E-state index in [2.05, 4.69) is 15.1 Å². The first-order valence-corrected chi connectivity index (χ1v) is 4.85. The Labute approximate surface area is 97.1 Å². The van der Waals surface area contributed by atoms with Gasteiger partial charge in [-0.1, -0.05) is 12.2 Å². The third kappa shape index (κ3) is 2.31. The van der Waals surface area contributed by atoms with Crippen LogP contribution in [0.4, 0.5) is 0 Å². The molecule has 2 heterocycles. The van der Waals surface area contributed by atoms with E-state index in [0.717, 1.165) is 0 Å². The van der Waals surface area contributed by atoms with Crippen LogP contribution in [0.3, 0.4) is 0 Å². The highest BCUT2D eigenvalue weighted by atomic mass is 32.1. The Kier molecular flexibility index (Phi) is 2.78. The molecule has 2 aromatic heterocycles. The lowest BCUT2D eigenvalue weighted by Gasteiger charge is -2.01. The van der Waals surface area contributed by atoms with Gasteiger partial charge in [0.05, 0.1) is 12.4 Å². The van der Waals surface area contributed by atoms with Crippen molar-refractivity contribution in [3.63, 3.8) is 0 Å². The lowest BCUT2D eigenvalue weighted by atomic mass is 10.4. The van der Waals surface area contributed by atoms with Gasteiger partial charge in [0, 0.05) is 13.2 Å². The van der Waals surface area contributed by atoms with Gasteiger partial charge in [-0.25, -0.2) is 4.98 Å². The average Bonchev–Trinajstić information content (AvgIpc) is 2.64. The molecule has 0 amide bonds. The van der Waals surface area contributed by atoms with Crippen molar-refractivity contribution in [1.82, 2.24) is 19.7 Å². The molecule has 0 saturated heterocycles. The minimum Gasteiger partial charge on any atom is -0.421 e. The van der Waals surface area contributed by atoms with Crippen molar-refractivity contribution in [3.8, 4) is 11.8 Å². The standard InChI is InChI=1S/C9H9N5OS/c1-14-5-6(4-12-14)15-9-11-3-2-7(13-9)8(10)16/h2-5H,1H3,(H2,10,16). The van der Waals surface area contributed by atoms with Crippen LogP contribution >= 0.6 is 12.2 Å². The molecule has 16 heavy (non-hydrogen) atoms. The second-order valence-corrected chi connectivity index (χ2v) is 3.48. The highest BCUT2D eigenvalue weighted by molar-refractivity contribution is 7.80. The van der Waals surface area contributed by atoms with E-state index in [1.54, 1.807) is 30.2 Å². The molecule has 0 aliphatic rings. The monoisotopic (exact) mass is 235 g/mol. The Morgan fingerprint density at radius 2 is 2.38 bits per heavy atom. The van der Waals surface area contributed by atoms with Crippen LogP contribution in [0.2, 0.25) is 0 Å². The first kappa shape index (κ1) is 10.5. The molecule has 0 atom stereocenters. The molecule has 2 N–H and O–H groups in total. The number of hydrogen-bond acceptors (Lipinski definition) is 5. The summed E-state index contributed by atoms with van der Waals surface area (Å²) in [5.74, 6) is 0.558. The largest absolute Gasteiger partial charge is 0.421 e. The van der Waals surface area contributed by atoms with Gasteiger partial charge in [0.1, 0.15) is 10.7 Å². The fourth-order valence-corrected chi connectivity index (χ4v) is 1.20. The summed E-state index contributed by atoms with van der Waals surface area (Å²) >= 11 is 4.81. The van der Waals surface area contributed by atoms with Crippen molar-refractivity contribution < 1.29 is 4.74 Å². The Morgan fingerprint density at radius 3 is 3.00 bits per heavy atom. The molecule has 0 radical (unpaired) electrons. The number of ether oxygens (including phenoxy) is 1. The molecule has 0 fully saturated rings. The van der Waals surface area contributed by atoms with Crippen LogP contribution in [-0.2, 0) is 7.05 Å². The summed E-state index contributed by atoms with van der Waals surface area (Å²) < 4.78 is 6.99. The fourth-order valence-electron chi connectivity index (χ4n) is 1.08. The minimum atomic E-state index is 0.193. The lowest BCUT2D eigenvalue weighted by molar-refractivity contribution is 0.441. The van der Waals surface area contributed by atoms with E-state index in [0.29, 0.717) is 11.4 Å². The molecule has 6 nitrogen and oxygen atoms in total. The normalized spacial score (nSPS) is 10.1. The van der Waals surface area contributed by atoms with Crippen molar-refractivity contribution >= 4 is 17.2 Å². The zero-order valence-electron chi connectivity index (χ0n) is 8.49. The fraction of sp³-hybridized carbons (Fsp3) is 0.111. The number of nitrogens with zero attached hydrogens (tertiary/aromatic N) is 4. The Bertz CT molecular complexity index is 524. The molecule has 0 unspecified atom stereocenters. The molecule has 7 heteroatoms. The number of aryl methyl sites for hydroxylation is 1. The van der Waals surface area contributed by atoms with Gasteiger partial charge < -0.3 is 10.5 Å². The van der Waals surface area contributed by atoms with Crippen molar-refractivity contribution in [2.75, 3.05) is 0 Å². The Morgan fingerprint density at radius 1 is 1.56 bits per heavy atom. The SMILES string of the molecule is Cn1cc(Oc2nccc(C(N)=S)n2)cn1. The third-order valence-corrected chi connectivity index (χ3v) is 1.99. The van der Waals surface area contributed by atoms with E-state index < -0.39 is 0 Å². The van der Waals surface area contributed by atoms with Crippen molar-refractivity contribution in [2.24, 2.45) is 12.8 Å². The second-order valence-electron chi connectivity index (χ2n) is 3.04. The summed E-state index contributed by atoms with van der Waals surface area (Å²) in [6, 6.07) is 1.82. The van der Waals surface area contributed by atoms with Gasteiger partial charge in [-0.15, -0.1) is 0 Å². The molecule has 0 bridgehead atoms. The smallest absolute Gasteiger partial charge is 0.322 e. The number of aromatic nitrogens is 4. The molecule has 0 saturated carbocycles. The van der Waals surface area contributed by atoms with Gasteiger partial charge >= 0.3 is 6.01 Å². The van der Waals surface area contributed by atoms with E-state index in [1.807, 2.05) is 0 Å². The molecule has 0 spiro atoms. The number of rotatable bonds is 3. The first-order valence-electron chi connectivity index (χ1n) is 4.44. The summed E-state index contributed by atoms with van der Waals surface area (Å²) in [5, 5.41) is 3.96. The molecule has 0 aliphatic carbocycles. The van der Waals surface area contributed by atoms with Crippen LogP contribution in [0.5, 0.6) is 11.8 Å². The maximum Gasteiger partial charge on any atom is 0.322 e. The van der Waals surface area contributed by atoms with Gasteiger partial charge in [-0.3, -0.25) is 4.68 Å². The molecular weight excluding hydrogens is 226 g/mol. The minimum absolute atomic E-state index is 0.193. The van der Waals surface area contributed by atoms with Crippen LogP contribution < -0.4 is 10.5 Å². The maximum absolute atomic E-state index is 5.45. The summed E-state index contributed by atoms with van der Waals surface area (Å²) in [4.78, 5) is 8.19. The Hall–Kier alpha value is -2.02. The Balaban J connectivity index is 2.21. The van der Waals surface area contributed by atoms with E-state index in [-0.39, 0.29) is 11.0 Å². The summed E-state index contributed by atoms with van der Waals surface area (Å²) in [7, 11) is 1.79. The van der Waals surface area contributed by atoms with Crippen molar-refractivity contribution in [1.29, 1.82) is 0 Å². The van der Waals surface area contributed by atoms with E-state index in [4.69, 9.17) is 22.7 Å². The number of hydrogen-bond donors (Lipinski definition) is 1. The summed E-state index contributed by atoms with van der Waals surface area (Å²) in [6.07, 6.45) is 4.81. The summed E-state index contributed by atoms with van der Waals surface area (Å²) in [6.45, 7) is 0. The maximum atomic E-state index is 5.45. The predicted octanol–water partition coefficient (Wildman–Crippen LogP) is 0.637. The van der Waals surface area contributed by atoms with Crippen LogP contribution in [-0.4, -0.2) is 24.7 Å². The highest BCUT2D eigenvalue weighted by Gasteiger charge is 2.05.